The molecule has 2 amide bonds. The Labute approximate surface area is 166 Å². The number of rotatable bonds is 5. The van der Waals surface area contributed by atoms with Crippen LogP contribution < -0.4 is 15.4 Å². The monoisotopic (exact) mass is 398 g/mol. The fraction of sp³-hybridized carbons (Fsp3) is 0.0476. The van der Waals surface area contributed by atoms with Crippen molar-refractivity contribution in [3.8, 4) is 5.75 Å². The first-order chi connectivity index (χ1) is 13.5. The van der Waals surface area contributed by atoms with Gasteiger partial charge in [0.2, 0.25) is 0 Å². The molecule has 0 fully saturated rings. The summed E-state index contributed by atoms with van der Waals surface area (Å²) in [5.74, 6) is -0.648. The van der Waals surface area contributed by atoms with Gasteiger partial charge in [-0.3, -0.25) is 9.59 Å². The van der Waals surface area contributed by atoms with Crippen molar-refractivity contribution in [2.75, 3.05) is 17.7 Å². The number of carbonyl (C=O) groups is 2. The Balaban J connectivity index is 1.67. The number of nitrogens with one attached hydrogen (secondary N) is 2. The third-order valence-corrected chi connectivity index (χ3v) is 4.20. The van der Waals surface area contributed by atoms with Crippen molar-refractivity contribution in [3.05, 3.63) is 88.7 Å². The van der Waals surface area contributed by atoms with Crippen LogP contribution in [0.15, 0.2) is 66.7 Å². The molecule has 0 saturated carbocycles. The highest BCUT2D eigenvalue weighted by atomic mass is 35.5. The van der Waals surface area contributed by atoms with E-state index >= 15 is 0 Å². The van der Waals surface area contributed by atoms with Crippen LogP contribution >= 0.6 is 11.6 Å². The van der Waals surface area contributed by atoms with E-state index in [1.165, 1.54) is 30.3 Å². The van der Waals surface area contributed by atoms with Crippen molar-refractivity contribution in [1.82, 2.24) is 0 Å². The van der Waals surface area contributed by atoms with Crippen LogP contribution in [0.4, 0.5) is 15.8 Å². The maximum Gasteiger partial charge on any atom is 0.255 e. The number of benzene rings is 3. The molecule has 3 rings (SSSR count). The molecule has 2 N–H and O–H groups in total. The summed E-state index contributed by atoms with van der Waals surface area (Å²) in [7, 11) is 1.55. The van der Waals surface area contributed by atoms with Gasteiger partial charge in [-0.25, -0.2) is 4.39 Å². The largest absolute Gasteiger partial charge is 0.497 e. The number of ether oxygens (including phenoxy) is 1. The quantitative estimate of drug-likeness (QED) is 0.636. The summed E-state index contributed by atoms with van der Waals surface area (Å²) in [6.07, 6.45) is 0. The summed E-state index contributed by atoms with van der Waals surface area (Å²) >= 11 is 5.71. The van der Waals surface area contributed by atoms with Gasteiger partial charge in [-0.15, -0.1) is 0 Å². The van der Waals surface area contributed by atoms with E-state index in [0.717, 1.165) is 0 Å². The molecule has 0 aromatic heterocycles. The Hall–Kier alpha value is -3.38. The van der Waals surface area contributed by atoms with Crippen molar-refractivity contribution >= 4 is 34.8 Å². The summed E-state index contributed by atoms with van der Waals surface area (Å²) in [4.78, 5) is 24.6. The molecule has 3 aromatic rings. The van der Waals surface area contributed by atoms with Gasteiger partial charge in [0, 0.05) is 28.6 Å². The van der Waals surface area contributed by atoms with E-state index in [1.54, 1.807) is 43.5 Å². The number of carbonyl (C=O) groups excluding carboxylic acids is 2. The first-order valence-corrected chi connectivity index (χ1v) is 8.66. The van der Waals surface area contributed by atoms with Gasteiger partial charge in [0.25, 0.3) is 11.8 Å². The topological polar surface area (TPSA) is 67.4 Å². The van der Waals surface area contributed by atoms with E-state index in [2.05, 4.69) is 10.6 Å². The van der Waals surface area contributed by atoms with Gasteiger partial charge in [0.05, 0.1) is 12.1 Å². The van der Waals surface area contributed by atoms with Crippen LogP contribution in [0.2, 0.25) is 5.02 Å². The van der Waals surface area contributed by atoms with E-state index in [9.17, 15) is 14.0 Å². The van der Waals surface area contributed by atoms with Gasteiger partial charge >= 0.3 is 0 Å². The van der Waals surface area contributed by atoms with Crippen molar-refractivity contribution in [1.29, 1.82) is 0 Å². The normalized spacial score (nSPS) is 10.2. The zero-order valence-corrected chi connectivity index (χ0v) is 15.6. The average molecular weight is 399 g/mol. The van der Waals surface area contributed by atoms with Crippen molar-refractivity contribution < 1.29 is 18.7 Å². The molecular formula is C21H16ClFN2O3. The molecule has 0 bridgehead atoms. The maximum absolute atomic E-state index is 13.2. The Bertz CT molecular complexity index is 1020. The SMILES string of the molecule is COc1cccc(NC(=O)c2ccc(C(=O)Nc3ccc(F)c(Cl)c3)cc2)c1. The highest BCUT2D eigenvalue weighted by molar-refractivity contribution is 6.31. The van der Waals surface area contributed by atoms with Crippen molar-refractivity contribution in [2.24, 2.45) is 0 Å². The fourth-order valence-corrected chi connectivity index (χ4v) is 2.63. The molecule has 28 heavy (non-hydrogen) atoms. The number of amides is 2. The van der Waals surface area contributed by atoms with Gasteiger partial charge in [-0.05, 0) is 54.6 Å². The fourth-order valence-electron chi connectivity index (χ4n) is 2.45. The van der Waals surface area contributed by atoms with Crippen molar-refractivity contribution in [3.63, 3.8) is 0 Å². The van der Waals surface area contributed by atoms with Gasteiger partial charge in [0.15, 0.2) is 0 Å². The smallest absolute Gasteiger partial charge is 0.255 e. The minimum Gasteiger partial charge on any atom is -0.497 e. The zero-order valence-electron chi connectivity index (χ0n) is 14.8. The molecule has 5 nitrogen and oxygen atoms in total. The second-order valence-corrected chi connectivity index (χ2v) is 6.25. The summed E-state index contributed by atoms with van der Waals surface area (Å²) in [6, 6.07) is 17.0. The van der Waals surface area contributed by atoms with Crippen LogP contribution in [0, 0.1) is 5.82 Å². The van der Waals surface area contributed by atoms with E-state index in [0.29, 0.717) is 28.3 Å². The van der Waals surface area contributed by atoms with E-state index < -0.39 is 11.7 Å². The zero-order chi connectivity index (χ0) is 20.1. The molecule has 0 aliphatic rings. The number of halogens is 2. The molecule has 0 spiro atoms. The van der Waals surface area contributed by atoms with Gasteiger partial charge in [-0.2, -0.15) is 0 Å². The summed E-state index contributed by atoms with van der Waals surface area (Å²) < 4.78 is 18.3. The molecule has 0 aliphatic carbocycles. The molecule has 0 radical (unpaired) electrons. The average Bonchev–Trinajstić information content (AvgIpc) is 2.71. The van der Waals surface area contributed by atoms with Gasteiger partial charge < -0.3 is 15.4 Å². The first kappa shape index (κ1) is 19.4. The molecule has 3 aromatic carbocycles. The molecule has 0 unspecified atom stereocenters. The highest BCUT2D eigenvalue weighted by Gasteiger charge is 2.11. The first-order valence-electron chi connectivity index (χ1n) is 8.28. The van der Waals surface area contributed by atoms with Gasteiger partial charge in [-0.1, -0.05) is 17.7 Å². The second-order valence-electron chi connectivity index (χ2n) is 5.85. The number of methoxy groups -OCH3 is 1. The van der Waals surface area contributed by atoms with Crippen molar-refractivity contribution in [2.45, 2.75) is 0 Å². The predicted octanol–water partition coefficient (Wildman–Crippen LogP) is 4.99. The van der Waals surface area contributed by atoms with Gasteiger partial charge in [0.1, 0.15) is 11.6 Å². The molecular weight excluding hydrogens is 383 g/mol. The second kappa shape index (κ2) is 8.54. The Kier molecular flexibility index (Phi) is 5.91. The molecule has 0 atom stereocenters. The molecule has 7 heteroatoms. The Morgan fingerprint density at radius 1 is 0.857 bits per heavy atom. The van der Waals surface area contributed by atoms with E-state index in [-0.39, 0.29) is 10.9 Å². The van der Waals surface area contributed by atoms with E-state index in [1.807, 2.05) is 0 Å². The highest BCUT2D eigenvalue weighted by Crippen LogP contribution is 2.20. The lowest BCUT2D eigenvalue weighted by atomic mass is 10.1. The third kappa shape index (κ3) is 4.66. The summed E-state index contributed by atoms with van der Waals surface area (Å²) in [6.45, 7) is 0. The molecule has 0 aliphatic heterocycles. The summed E-state index contributed by atoms with van der Waals surface area (Å²) in [5.41, 5.74) is 1.71. The maximum atomic E-state index is 13.2. The lowest BCUT2D eigenvalue weighted by Crippen LogP contribution is -2.14. The lowest BCUT2D eigenvalue weighted by molar-refractivity contribution is 0.101. The third-order valence-electron chi connectivity index (χ3n) is 3.91. The molecule has 0 heterocycles. The molecule has 142 valence electrons. The Morgan fingerprint density at radius 3 is 1.96 bits per heavy atom. The minimum atomic E-state index is -0.564. The number of hydrogen-bond donors (Lipinski definition) is 2. The number of anilines is 2. The summed E-state index contributed by atoms with van der Waals surface area (Å²) in [5, 5.41) is 5.31. The Morgan fingerprint density at radius 2 is 1.43 bits per heavy atom. The van der Waals surface area contributed by atoms with E-state index in [4.69, 9.17) is 16.3 Å². The van der Waals surface area contributed by atoms with Crippen LogP contribution in [-0.4, -0.2) is 18.9 Å². The van der Waals surface area contributed by atoms with Crippen LogP contribution in [0.1, 0.15) is 20.7 Å². The minimum absolute atomic E-state index is 0.0811. The number of hydrogen-bond acceptors (Lipinski definition) is 3. The standard InChI is InChI=1S/C21H16ClFN2O3/c1-28-17-4-2-3-15(11-17)24-20(26)13-5-7-14(8-6-13)21(27)25-16-9-10-19(23)18(22)12-16/h2-12H,1H3,(H,24,26)(H,25,27). The van der Waals surface area contributed by atoms with Crippen LogP contribution in [-0.2, 0) is 0 Å². The van der Waals surface area contributed by atoms with Crippen LogP contribution in [0.25, 0.3) is 0 Å². The molecule has 0 saturated heterocycles. The predicted molar refractivity (Wildman–Crippen MR) is 107 cm³/mol. The van der Waals surface area contributed by atoms with Crippen LogP contribution in [0.3, 0.4) is 0 Å². The van der Waals surface area contributed by atoms with Crippen LogP contribution in [0.5, 0.6) is 5.75 Å². The lowest BCUT2D eigenvalue weighted by Gasteiger charge is -2.08.